The number of carbonyl (C=O) groups is 2. The molecule has 2 aliphatic rings. The Labute approximate surface area is 124 Å². The van der Waals surface area contributed by atoms with Gasteiger partial charge in [0.05, 0.1) is 20.2 Å². The van der Waals surface area contributed by atoms with Crippen molar-refractivity contribution in [3.8, 4) is 5.75 Å². The number of hydrogen-bond donors (Lipinski definition) is 1. The van der Waals surface area contributed by atoms with Crippen molar-refractivity contribution in [2.24, 2.45) is 5.92 Å². The second-order valence-electron chi connectivity index (χ2n) is 5.90. The Kier molecular flexibility index (Phi) is 3.35. The molecule has 3 rings (SSSR count). The van der Waals surface area contributed by atoms with Crippen LogP contribution in [-0.4, -0.2) is 35.9 Å². The molecule has 0 aromatic heterocycles. The van der Waals surface area contributed by atoms with Gasteiger partial charge in [-0.05, 0) is 31.7 Å². The first-order chi connectivity index (χ1) is 10.1. The quantitative estimate of drug-likeness (QED) is 0.909. The summed E-state index contributed by atoms with van der Waals surface area (Å²) in [6, 6.07) is 7.62. The highest BCUT2D eigenvalue weighted by molar-refractivity contribution is 5.98. The van der Waals surface area contributed by atoms with E-state index in [-0.39, 0.29) is 24.3 Å². The first kappa shape index (κ1) is 13.9. The minimum Gasteiger partial charge on any atom is -0.496 e. The normalized spacial score (nSPS) is 25.7. The second kappa shape index (κ2) is 5.06. The van der Waals surface area contributed by atoms with E-state index < -0.39 is 5.54 Å². The number of carbonyl (C=O) groups excluding carboxylic acids is 2. The van der Waals surface area contributed by atoms with Gasteiger partial charge in [-0.15, -0.1) is 0 Å². The number of benzene rings is 1. The fourth-order valence-corrected chi connectivity index (χ4v) is 3.12. The number of ether oxygens (including phenoxy) is 1. The van der Waals surface area contributed by atoms with Gasteiger partial charge in [0.1, 0.15) is 11.3 Å². The zero-order valence-electron chi connectivity index (χ0n) is 12.4. The Morgan fingerprint density at radius 1 is 1.33 bits per heavy atom. The van der Waals surface area contributed by atoms with Crippen molar-refractivity contribution in [1.82, 2.24) is 10.2 Å². The third-order valence-electron chi connectivity index (χ3n) is 4.61. The molecule has 2 fully saturated rings. The van der Waals surface area contributed by atoms with Crippen molar-refractivity contribution in [2.45, 2.75) is 31.8 Å². The van der Waals surface area contributed by atoms with Crippen LogP contribution in [0.15, 0.2) is 24.3 Å². The number of amides is 2. The molecule has 0 radical (unpaired) electrons. The van der Waals surface area contributed by atoms with Gasteiger partial charge in [0.25, 0.3) is 0 Å². The van der Waals surface area contributed by atoms with Crippen molar-refractivity contribution < 1.29 is 14.3 Å². The Balaban J connectivity index is 1.93. The lowest BCUT2D eigenvalue weighted by Gasteiger charge is -2.44. The summed E-state index contributed by atoms with van der Waals surface area (Å²) in [4.78, 5) is 26.4. The molecule has 112 valence electrons. The van der Waals surface area contributed by atoms with Crippen LogP contribution in [0, 0.1) is 5.92 Å². The molecule has 2 amide bonds. The van der Waals surface area contributed by atoms with Gasteiger partial charge in [0.2, 0.25) is 11.8 Å². The van der Waals surface area contributed by atoms with Crippen LogP contribution in [0.4, 0.5) is 0 Å². The lowest BCUT2D eigenvalue weighted by molar-refractivity contribution is -0.155. The summed E-state index contributed by atoms with van der Waals surface area (Å²) in [5, 5.41) is 2.73. The Bertz CT molecular complexity index is 583. The minimum atomic E-state index is -0.740. The van der Waals surface area contributed by atoms with E-state index in [1.165, 1.54) is 0 Å². The van der Waals surface area contributed by atoms with Gasteiger partial charge in [-0.25, -0.2) is 0 Å². The first-order valence-corrected chi connectivity index (χ1v) is 7.28. The molecule has 0 spiro atoms. The van der Waals surface area contributed by atoms with Gasteiger partial charge < -0.3 is 15.0 Å². The van der Waals surface area contributed by atoms with E-state index in [1.54, 1.807) is 12.0 Å². The molecule has 21 heavy (non-hydrogen) atoms. The zero-order chi connectivity index (χ0) is 15.0. The lowest BCUT2D eigenvalue weighted by Crippen LogP contribution is -2.66. The van der Waals surface area contributed by atoms with Crippen LogP contribution in [-0.2, 0) is 16.1 Å². The van der Waals surface area contributed by atoms with E-state index >= 15 is 0 Å². The predicted octanol–water partition coefficient (Wildman–Crippen LogP) is 1.32. The van der Waals surface area contributed by atoms with Gasteiger partial charge in [0, 0.05) is 5.56 Å². The molecule has 1 aliphatic carbocycles. The monoisotopic (exact) mass is 288 g/mol. The molecule has 0 bridgehead atoms. The third kappa shape index (κ3) is 2.26. The summed E-state index contributed by atoms with van der Waals surface area (Å²) < 4.78 is 5.35. The van der Waals surface area contributed by atoms with Gasteiger partial charge in [0.15, 0.2) is 0 Å². The maximum Gasteiger partial charge on any atom is 0.246 e. The van der Waals surface area contributed by atoms with E-state index in [2.05, 4.69) is 5.32 Å². The fraction of sp³-hybridized carbons (Fsp3) is 0.500. The van der Waals surface area contributed by atoms with Gasteiger partial charge in [-0.1, -0.05) is 18.2 Å². The third-order valence-corrected chi connectivity index (χ3v) is 4.61. The molecule has 1 aromatic rings. The van der Waals surface area contributed by atoms with Crippen LogP contribution in [0.5, 0.6) is 5.75 Å². The average molecular weight is 288 g/mol. The maximum absolute atomic E-state index is 12.4. The number of para-hydroxylation sites is 1. The molecule has 1 N–H and O–H groups in total. The van der Waals surface area contributed by atoms with E-state index in [4.69, 9.17) is 4.74 Å². The van der Waals surface area contributed by atoms with Crippen LogP contribution in [0.3, 0.4) is 0 Å². The van der Waals surface area contributed by atoms with Crippen LogP contribution in [0.25, 0.3) is 0 Å². The van der Waals surface area contributed by atoms with Gasteiger partial charge in [-0.3, -0.25) is 9.59 Å². The molecule has 1 aromatic carbocycles. The lowest BCUT2D eigenvalue weighted by atomic mass is 9.89. The topological polar surface area (TPSA) is 58.6 Å². The van der Waals surface area contributed by atoms with E-state index in [1.807, 2.05) is 31.2 Å². The highest BCUT2D eigenvalue weighted by atomic mass is 16.5. The van der Waals surface area contributed by atoms with E-state index in [9.17, 15) is 9.59 Å². The molecular formula is C16H20N2O3. The molecule has 1 unspecified atom stereocenters. The summed E-state index contributed by atoms with van der Waals surface area (Å²) in [6.07, 6.45) is 2.00. The number of piperazine rings is 1. The molecule has 1 saturated carbocycles. The van der Waals surface area contributed by atoms with Crippen molar-refractivity contribution in [2.75, 3.05) is 13.7 Å². The van der Waals surface area contributed by atoms with Gasteiger partial charge in [-0.2, -0.15) is 0 Å². The Hall–Kier alpha value is -2.04. The standard InChI is InChI=1S/C16H20N2O3/c1-16(12-7-8-12)15(20)17-9-14(19)18(16)10-11-5-3-4-6-13(11)21-2/h3-6,12H,7-10H2,1-2H3,(H,17,20). The number of nitrogens with zero attached hydrogens (tertiary/aromatic N) is 1. The van der Waals surface area contributed by atoms with Crippen molar-refractivity contribution in [1.29, 1.82) is 0 Å². The average Bonchev–Trinajstić information content (AvgIpc) is 3.33. The smallest absolute Gasteiger partial charge is 0.246 e. The van der Waals surface area contributed by atoms with Crippen LogP contribution in [0.2, 0.25) is 0 Å². The second-order valence-corrected chi connectivity index (χ2v) is 5.90. The summed E-state index contributed by atoms with van der Waals surface area (Å²) in [5.74, 6) is 0.931. The largest absolute Gasteiger partial charge is 0.496 e. The summed E-state index contributed by atoms with van der Waals surface area (Å²) in [6.45, 7) is 2.37. The minimum absolute atomic E-state index is 0.0325. The zero-order valence-corrected chi connectivity index (χ0v) is 12.4. The number of nitrogens with one attached hydrogen (secondary N) is 1. The molecule has 5 heteroatoms. The molecule has 1 saturated heterocycles. The Morgan fingerprint density at radius 3 is 2.71 bits per heavy atom. The van der Waals surface area contributed by atoms with Crippen LogP contribution in [0.1, 0.15) is 25.3 Å². The SMILES string of the molecule is COc1ccccc1CN1C(=O)CNC(=O)C1(C)C1CC1. The molecule has 1 atom stereocenters. The number of rotatable bonds is 4. The fourth-order valence-electron chi connectivity index (χ4n) is 3.12. The first-order valence-electron chi connectivity index (χ1n) is 7.28. The summed E-state index contributed by atoms with van der Waals surface area (Å²) in [5.41, 5.74) is 0.186. The Morgan fingerprint density at radius 2 is 2.05 bits per heavy atom. The molecular weight excluding hydrogens is 268 g/mol. The molecule has 1 aliphatic heterocycles. The number of hydrogen-bond acceptors (Lipinski definition) is 3. The van der Waals surface area contributed by atoms with Crippen molar-refractivity contribution in [3.05, 3.63) is 29.8 Å². The van der Waals surface area contributed by atoms with Crippen molar-refractivity contribution >= 4 is 11.8 Å². The summed E-state index contributed by atoms with van der Waals surface area (Å²) in [7, 11) is 1.61. The molecule has 1 heterocycles. The molecule has 5 nitrogen and oxygen atoms in total. The maximum atomic E-state index is 12.4. The van der Waals surface area contributed by atoms with Crippen LogP contribution < -0.4 is 10.1 Å². The highest BCUT2D eigenvalue weighted by Gasteiger charge is 2.54. The van der Waals surface area contributed by atoms with Crippen molar-refractivity contribution in [3.63, 3.8) is 0 Å². The summed E-state index contributed by atoms with van der Waals surface area (Å²) >= 11 is 0. The van der Waals surface area contributed by atoms with E-state index in [0.29, 0.717) is 6.54 Å². The van der Waals surface area contributed by atoms with Gasteiger partial charge >= 0.3 is 0 Å². The van der Waals surface area contributed by atoms with Crippen LogP contribution >= 0.6 is 0 Å². The number of methoxy groups -OCH3 is 1. The predicted molar refractivity (Wildman–Crippen MR) is 77.7 cm³/mol. The highest BCUT2D eigenvalue weighted by Crippen LogP contribution is 2.45. The van der Waals surface area contributed by atoms with E-state index in [0.717, 1.165) is 24.2 Å².